The Labute approximate surface area is 140 Å². The molecule has 23 heavy (non-hydrogen) atoms. The van der Waals surface area contributed by atoms with Crippen molar-refractivity contribution in [3.8, 4) is 5.75 Å². The first-order valence-corrected chi connectivity index (χ1v) is 10.0. The van der Waals surface area contributed by atoms with Crippen molar-refractivity contribution < 1.29 is 13.2 Å². The summed E-state index contributed by atoms with van der Waals surface area (Å²) in [6.45, 7) is 1.93. The van der Waals surface area contributed by atoms with E-state index in [2.05, 4.69) is 9.71 Å². The van der Waals surface area contributed by atoms with Gasteiger partial charge in [-0.2, -0.15) is 0 Å². The van der Waals surface area contributed by atoms with E-state index in [1.165, 1.54) is 11.3 Å². The Morgan fingerprint density at radius 3 is 2.65 bits per heavy atom. The van der Waals surface area contributed by atoms with Crippen LogP contribution in [0, 0.1) is 6.92 Å². The van der Waals surface area contributed by atoms with Gasteiger partial charge in [0.15, 0.2) is 0 Å². The molecule has 5 nitrogen and oxygen atoms in total. The van der Waals surface area contributed by atoms with Crippen molar-refractivity contribution in [3.63, 3.8) is 0 Å². The first kappa shape index (κ1) is 16.4. The molecule has 0 aromatic carbocycles. The number of nitrogens with one attached hydrogen (secondary N) is 1. The fraction of sp³-hybridized carbons (Fsp3) is 0.438. The first-order chi connectivity index (χ1) is 11.0. The van der Waals surface area contributed by atoms with E-state index in [4.69, 9.17) is 4.74 Å². The average molecular weight is 352 g/mol. The van der Waals surface area contributed by atoms with Crippen LogP contribution in [-0.4, -0.2) is 25.5 Å². The minimum Gasteiger partial charge on any atom is -0.489 e. The van der Waals surface area contributed by atoms with Gasteiger partial charge in [0, 0.05) is 12.2 Å². The van der Waals surface area contributed by atoms with Crippen molar-refractivity contribution in [3.05, 3.63) is 41.5 Å². The molecule has 1 fully saturated rings. The molecular formula is C16H20N2O3S2. The SMILES string of the molecule is Cc1ncccc1OC1CCC(NS(=O)(=O)c2cccs2)CC1. The van der Waals surface area contributed by atoms with E-state index in [1.54, 1.807) is 23.7 Å². The molecule has 0 spiro atoms. The van der Waals surface area contributed by atoms with Crippen molar-refractivity contribution in [1.82, 2.24) is 9.71 Å². The van der Waals surface area contributed by atoms with Gasteiger partial charge in [0.25, 0.3) is 0 Å². The summed E-state index contributed by atoms with van der Waals surface area (Å²) in [6.07, 6.45) is 5.12. The highest BCUT2D eigenvalue weighted by Crippen LogP contribution is 2.26. The van der Waals surface area contributed by atoms with Crippen LogP contribution in [0.3, 0.4) is 0 Å². The van der Waals surface area contributed by atoms with Crippen molar-refractivity contribution in [2.24, 2.45) is 0 Å². The number of hydrogen-bond acceptors (Lipinski definition) is 5. The molecule has 1 aliphatic rings. The largest absolute Gasteiger partial charge is 0.489 e. The highest BCUT2D eigenvalue weighted by molar-refractivity contribution is 7.91. The van der Waals surface area contributed by atoms with Gasteiger partial charge in [-0.25, -0.2) is 13.1 Å². The zero-order valence-electron chi connectivity index (χ0n) is 12.9. The van der Waals surface area contributed by atoms with Crippen LogP contribution in [0.2, 0.25) is 0 Å². The molecule has 0 aliphatic heterocycles. The van der Waals surface area contributed by atoms with Crippen LogP contribution in [0.25, 0.3) is 0 Å². The molecule has 2 aromatic heterocycles. The van der Waals surface area contributed by atoms with Crippen LogP contribution in [0.1, 0.15) is 31.4 Å². The van der Waals surface area contributed by atoms with Gasteiger partial charge in [-0.1, -0.05) is 6.07 Å². The fourth-order valence-corrected chi connectivity index (χ4v) is 5.08. The number of aryl methyl sites for hydroxylation is 1. The van der Waals surface area contributed by atoms with Crippen LogP contribution < -0.4 is 9.46 Å². The van der Waals surface area contributed by atoms with Gasteiger partial charge in [0.05, 0.1) is 11.8 Å². The Morgan fingerprint density at radius 2 is 2.00 bits per heavy atom. The van der Waals surface area contributed by atoms with Crippen molar-refractivity contribution >= 4 is 21.4 Å². The predicted octanol–water partition coefficient (Wildman–Crippen LogP) is 3.12. The zero-order chi connectivity index (χ0) is 16.3. The number of hydrogen-bond donors (Lipinski definition) is 1. The van der Waals surface area contributed by atoms with Crippen molar-refractivity contribution in [1.29, 1.82) is 0 Å². The number of rotatable bonds is 5. The van der Waals surface area contributed by atoms with Crippen LogP contribution in [0.4, 0.5) is 0 Å². The second kappa shape index (κ2) is 6.98. The number of sulfonamides is 1. The molecule has 0 atom stereocenters. The van der Waals surface area contributed by atoms with Gasteiger partial charge in [-0.3, -0.25) is 4.98 Å². The second-order valence-electron chi connectivity index (χ2n) is 5.73. The lowest BCUT2D eigenvalue weighted by molar-refractivity contribution is 0.143. The molecule has 2 aromatic rings. The summed E-state index contributed by atoms with van der Waals surface area (Å²) in [6, 6.07) is 7.15. The van der Waals surface area contributed by atoms with E-state index >= 15 is 0 Å². The quantitative estimate of drug-likeness (QED) is 0.898. The van der Waals surface area contributed by atoms with Gasteiger partial charge >= 0.3 is 0 Å². The lowest BCUT2D eigenvalue weighted by Crippen LogP contribution is -2.39. The molecule has 1 saturated carbocycles. The van der Waals surface area contributed by atoms with Crippen LogP contribution in [0.5, 0.6) is 5.75 Å². The molecule has 3 rings (SSSR count). The van der Waals surface area contributed by atoms with E-state index < -0.39 is 10.0 Å². The van der Waals surface area contributed by atoms with E-state index in [0.29, 0.717) is 4.21 Å². The molecule has 0 bridgehead atoms. The van der Waals surface area contributed by atoms with E-state index in [1.807, 2.05) is 19.1 Å². The maximum atomic E-state index is 12.2. The Kier molecular flexibility index (Phi) is 4.99. The summed E-state index contributed by atoms with van der Waals surface area (Å²) in [5, 5.41) is 1.77. The standard InChI is InChI=1S/C16H20N2O3S2/c1-12-15(4-2-10-17-12)21-14-8-6-13(7-9-14)18-23(19,20)16-5-3-11-22-16/h2-5,10-11,13-14,18H,6-9H2,1H3. The maximum absolute atomic E-state index is 12.2. The molecule has 0 unspecified atom stereocenters. The molecule has 0 saturated heterocycles. The van der Waals surface area contributed by atoms with Gasteiger partial charge in [-0.05, 0) is 56.2 Å². The normalized spacial score (nSPS) is 22.0. The molecule has 2 heterocycles. The predicted molar refractivity (Wildman–Crippen MR) is 90.3 cm³/mol. The molecule has 0 radical (unpaired) electrons. The number of pyridine rings is 1. The highest BCUT2D eigenvalue weighted by atomic mass is 32.2. The molecule has 0 amide bonds. The lowest BCUT2D eigenvalue weighted by Gasteiger charge is -2.29. The number of thiophene rings is 1. The Hall–Kier alpha value is -1.44. The Bertz CT molecular complexity index is 736. The van der Waals surface area contributed by atoms with Crippen LogP contribution >= 0.6 is 11.3 Å². The number of nitrogens with zero attached hydrogens (tertiary/aromatic N) is 1. The molecular weight excluding hydrogens is 332 g/mol. The summed E-state index contributed by atoms with van der Waals surface area (Å²) in [7, 11) is -3.38. The van der Waals surface area contributed by atoms with Crippen LogP contribution in [-0.2, 0) is 10.0 Å². The molecule has 7 heteroatoms. The van der Waals surface area contributed by atoms with Gasteiger partial charge in [-0.15, -0.1) is 11.3 Å². The van der Waals surface area contributed by atoms with Crippen molar-refractivity contribution in [2.45, 2.75) is 49.0 Å². The smallest absolute Gasteiger partial charge is 0.250 e. The summed E-state index contributed by atoms with van der Waals surface area (Å²) < 4.78 is 33.7. The van der Waals surface area contributed by atoms with Gasteiger partial charge in [0.2, 0.25) is 10.0 Å². The van der Waals surface area contributed by atoms with E-state index in [9.17, 15) is 8.42 Å². The Morgan fingerprint density at radius 1 is 1.22 bits per heavy atom. The molecule has 124 valence electrons. The number of ether oxygens (including phenoxy) is 1. The van der Waals surface area contributed by atoms with Gasteiger partial charge in [0.1, 0.15) is 9.96 Å². The monoisotopic (exact) mass is 352 g/mol. The number of aromatic nitrogens is 1. The summed E-state index contributed by atoms with van der Waals surface area (Å²) >= 11 is 1.24. The third-order valence-electron chi connectivity index (χ3n) is 4.01. The minimum atomic E-state index is -3.38. The Balaban J connectivity index is 1.54. The van der Waals surface area contributed by atoms with Crippen LogP contribution in [0.15, 0.2) is 40.1 Å². The third kappa shape index (κ3) is 4.10. The third-order valence-corrected chi connectivity index (χ3v) is 6.93. The second-order valence-corrected chi connectivity index (χ2v) is 8.62. The first-order valence-electron chi connectivity index (χ1n) is 7.69. The fourth-order valence-electron chi connectivity index (χ4n) is 2.77. The van der Waals surface area contributed by atoms with E-state index in [-0.39, 0.29) is 12.1 Å². The molecule has 1 aliphatic carbocycles. The maximum Gasteiger partial charge on any atom is 0.250 e. The van der Waals surface area contributed by atoms with Crippen molar-refractivity contribution in [2.75, 3.05) is 0 Å². The molecule has 1 N–H and O–H groups in total. The zero-order valence-corrected chi connectivity index (χ0v) is 14.6. The summed E-state index contributed by atoms with van der Waals surface area (Å²) in [5.41, 5.74) is 0.882. The minimum absolute atomic E-state index is 0.0167. The average Bonchev–Trinajstić information content (AvgIpc) is 3.06. The highest BCUT2D eigenvalue weighted by Gasteiger charge is 2.27. The topological polar surface area (TPSA) is 68.3 Å². The van der Waals surface area contributed by atoms with E-state index in [0.717, 1.165) is 37.1 Å². The van der Waals surface area contributed by atoms with Gasteiger partial charge < -0.3 is 4.74 Å². The summed E-state index contributed by atoms with van der Waals surface area (Å²) in [4.78, 5) is 4.22. The summed E-state index contributed by atoms with van der Waals surface area (Å²) in [5.74, 6) is 0.815. The lowest BCUT2D eigenvalue weighted by atomic mass is 9.93.